The first kappa shape index (κ1) is 14.6. The average Bonchev–Trinajstić information content (AvgIpc) is 2.45. The average molecular weight is 299 g/mol. The van der Waals surface area contributed by atoms with Crippen molar-refractivity contribution in [3.8, 4) is 5.75 Å². The highest BCUT2D eigenvalue weighted by atomic mass is 16.5. The van der Waals surface area contributed by atoms with Crippen LogP contribution in [0.5, 0.6) is 5.75 Å². The van der Waals surface area contributed by atoms with E-state index in [0.29, 0.717) is 0 Å². The van der Waals surface area contributed by atoms with E-state index in [9.17, 15) is 0 Å². The number of hydrogen-bond donors (Lipinski definition) is 1. The van der Waals surface area contributed by atoms with Crippen LogP contribution in [0, 0.1) is 23.7 Å². The quantitative estimate of drug-likeness (QED) is 0.870. The molecule has 4 aliphatic rings. The molecule has 0 amide bonds. The molecule has 2 heteroatoms. The number of benzene rings is 1. The number of nitrogens with one attached hydrogen (secondary N) is 1. The van der Waals surface area contributed by atoms with Gasteiger partial charge in [0.15, 0.2) is 0 Å². The molecule has 1 N–H and O–H groups in total. The zero-order valence-corrected chi connectivity index (χ0v) is 13.9. The molecule has 2 nitrogen and oxygen atoms in total. The van der Waals surface area contributed by atoms with E-state index in [4.69, 9.17) is 4.74 Å². The van der Waals surface area contributed by atoms with Gasteiger partial charge in [-0.1, -0.05) is 12.1 Å². The first-order chi connectivity index (χ1) is 10.7. The number of hydrogen-bond acceptors (Lipinski definition) is 2. The van der Waals surface area contributed by atoms with Crippen molar-refractivity contribution >= 4 is 0 Å². The van der Waals surface area contributed by atoms with Crippen molar-refractivity contribution in [2.75, 3.05) is 0 Å². The maximum Gasteiger partial charge on any atom is 0.120 e. The van der Waals surface area contributed by atoms with Crippen LogP contribution in [0.15, 0.2) is 24.3 Å². The van der Waals surface area contributed by atoms with Crippen LogP contribution < -0.4 is 10.1 Å². The lowest BCUT2D eigenvalue weighted by molar-refractivity contribution is -0.0142. The lowest BCUT2D eigenvalue weighted by atomic mass is 9.54. The van der Waals surface area contributed by atoms with Crippen LogP contribution in [0.3, 0.4) is 0 Å². The fourth-order valence-electron chi connectivity index (χ4n) is 5.50. The molecule has 22 heavy (non-hydrogen) atoms. The van der Waals surface area contributed by atoms with E-state index in [-0.39, 0.29) is 6.10 Å². The number of rotatable bonds is 5. The van der Waals surface area contributed by atoms with Gasteiger partial charge in [0.05, 0.1) is 6.10 Å². The van der Waals surface area contributed by atoms with Crippen molar-refractivity contribution < 1.29 is 4.74 Å². The molecule has 0 saturated heterocycles. The summed E-state index contributed by atoms with van der Waals surface area (Å²) in [6.07, 6.45) is 7.73. The second-order valence-electron chi connectivity index (χ2n) is 8.15. The molecule has 0 aliphatic heterocycles. The highest BCUT2D eigenvalue weighted by Crippen LogP contribution is 2.53. The van der Waals surface area contributed by atoms with E-state index >= 15 is 0 Å². The van der Waals surface area contributed by atoms with Gasteiger partial charge in [-0.3, -0.25) is 0 Å². The molecule has 0 spiro atoms. The maximum absolute atomic E-state index is 5.81. The first-order valence-corrected chi connectivity index (χ1v) is 9.16. The van der Waals surface area contributed by atoms with Crippen molar-refractivity contribution in [3.05, 3.63) is 29.8 Å². The van der Waals surface area contributed by atoms with Gasteiger partial charge in [-0.05, 0) is 87.3 Å². The third-order valence-corrected chi connectivity index (χ3v) is 6.04. The predicted molar refractivity (Wildman–Crippen MR) is 89.9 cm³/mol. The summed E-state index contributed by atoms with van der Waals surface area (Å²) in [4.78, 5) is 0. The van der Waals surface area contributed by atoms with Crippen LogP contribution in [0.25, 0.3) is 0 Å². The summed E-state index contributed by atoms with van der Waals surface area (Å²) in [5.74, 6) is 5.02. The smallest absolute Gasteiger partial charge is 0.120 e. The van der Waals surface area contributed by atoms with Crippen molar-refractivity contribution in [1.29, 1.82) is 0 Å². The standard InChI is InChI=1S/C20H29NO/c1-13(2)22-19-5-3-4-14(11-19)12-21-20-17-7-15-6-16(9-17)10-18(20)8-15/h3-5,11,13,15-18,20-21H,6-10,12H2,1-2H3. The fraction of sp³-hybridized carbons (Fsp3) is 0.700. The van der Waals surface area contributed by atoms with Crippen LogP contribution >= 0.6 is 0 Å². The van der Waals surface area contributed by atoms with E-state index in [1.807, 2.05) is 0 Å². The van der Waals surface area contributed by atoms with Crippen molar-refractivity contribution in [1.82, 2.24) is 5.32 Å². The van der Waals surface area contributed by atoms with Crippen LogP contribution in [-0.4, -0.2) is 12.1 Å². The minimum atomic E-state index is 0.243. The SMILES string of the molecule is CC(C)Oc1cccc(CNC2C3CC4CC(C3)CC2C4)c1. The predicted octanol–water partition coefficient (Wildman–Crippen LogP) is 4.39. The monoisotopic (exact) mass is 299 g/mol. The summed E-state index contributed by atoms with van der Waals surface area (Å²) < 4.78 is 5.81. The Labute approximate surface area is 134 Å². The lowest BCUT2D eigenvalue weighted by Crippen LogP contribution is -2.54. The molecule has 120 valence electrons. The van der Waals surface area contributed by atoms with E-state index in [2.05, 4.69) is 43.4 Å². The Morgan fingerprint density at radius 2 is 1.73 bits per heavy atom. The molecule has 1 aromatic rings. The molecule has 4 saturated carbocycles. The second-order valence-corrected chi connectivity index (χ2v) is 8.15. The largest absolute Gasteiger partial charge is 0.491 e. The molecular weight excluding hydrogens is 270 g/mol. The summed E-state index contributed by atoms with van der Waals surface area (Å²) in [7, 11) is 0. The Hall–Kier alpha value is -1.02. The van der Waals surface area contributed by atoms with Crippen LogP contribution in [-0.2, 0) is 6.54 Å². The van der Waals surface area contributed by atoms with Crippen LogP contribution in [0.2, 0.25) is 0 Å². The third-order valence-electron chi connectivity index (χ3n) is 6.04. The van der Waals surface area contributed by atoms with Gasteiger partial charge in [0.25, 0.3) is 0 Å². The van der Waals surface area contributed by atoms with Gasteiger partial charge >= 0.3 is 0 Å². The highest BCUT2D eigenvalue weighted by molar-refractivity contribution is 5.28. The molecule has 4 aliphatic carbocycles. The van der Waals surface area contributed by atoms with E-state index in [1.165, 1.54) is 37.7 Å². The lowest BCUT2D eigenvalue weighted by Gasteiger charge is -2.54. The Morgan fingerprint density at radius 3 is 2.36 bits per heavy atom. The van der Waals surface area contributed by atoms with E-state index < -0.39 is 0 Å². The van der Waals surface area contributed by atoms with Gasteiger partial charge in [0, 0.05) is 12.6 Å². The third kappa shape index (κ3) is 2.90. The summed E-state index contributed by atoms with van der Waals surface area (Å²) in [6, 6.07) is 9.36. The molecule has 4 bridgehead atoms. The Kier molecular flexibility index (Phi) is 3.89. The second kappa shape index (κ2) is 5.88. The van der Waals surface area contributed by atoms with Gasteiger partial charge in [0.2, 0.25) is 0 Å². The molecule has 1 aromatic carbocycles. The molecule has 0 heterocycles. The topological polar surface area (TPSA) is 21.3 Å². The fourth-order valence-corrected chi connectivity index (χ4v) is 5.50. The minimum Gasteiger partial charge on any atom is -0.491 e. The normalized spacial score (nSPS) is 36.0. The van der Waals surface area contributed by atoms with E-state index in [0.717, 1.165) is 42.0 Å². The Bertz CT molecular complexity index is 496. The van der Waals surface area contributed by atoms with Crippen molar-refractivity contribution in [2.24, 2.45) is 23.7 Å². The molecular formula is C20H29NO. The summed E-state index contributed by atoms with van der Waals surface area (Å²) in [5.41, 5.74) is 1.35. The molecule has 0 aromatic heterocycles. The van der Waals surface area contributed by atoms with Gasteiger partial charge in [0.1, 0.15) is 5.75 Å². The van der Waals surface area contributed by atoms with Gasteiger partial charge in [-0.25, -0.2) is 0 Å². The van der Waals surface area contributed by atoms with Crippen LogP contribution in [0.4, 0.5) is 0 Å². The van der Waals surface area contributed by atoms with Gasteiger partial charge in [-0.15, -0.1) is 0 Å². The Balaban J connectivity index is 1.38. The summed E-state index contributed by atoms with van der Waals surface area (Å²) >= 11 is 0. The van der Waals surface area contributed by atoms with Crippen molar-refractivity contribution in [3.63, 3.8) is 0 Å². The minimum absolute atomic E-state index is 0.243. The van der Waals surface area contributed by atoms with Gasteiger partial charge < -0.3 is 10.1 Å². The Morgan fingerprint density at radius 1 is 1.05 bits per heavy atom. The maximum atomic E-state index is 5.81. The number of ether oxygens (including phenoxy) is 1. The zero-order chi connectivity index (χ0) is 15.1. The molecule has 0 atom stereocenters. The zero-order valence-electron chi connectivity index (χ0n) is 13.9. The molecule has 5 rings (SSSR count). The first-order valence-electron chi connectivity index (χ1n) is 9.16. The van der Waals surface area contributed by atoms with Crippen LogP contribution in [0.1, 0.15) is 51.5 Å². The molecule has 4 fully saturated rings. The molecule has 0 unspecified atom stereocenters. The van der Waals surface area contributed by atoms with Crippen molar-refractivity contribution in [2.45, 2.75) is 64.6 Å². The highest BCUT2D eigenvalue weighted by Gasteiger charge is 2.47. The van der Waals surface area contributed by atoms with E-state index in [1.54, 1.807) is 0 Å². The molecule has 0 radical (unpaired) electrons. The summed E-state index contributed by atoms with van der Waals surface area (Å²) in [6.45, 7) is 5.15. The summed E-state index contributed by atoms with van der Waals surface area (Å²) in [5, 5.41) is 3.91. The van der Waals surface area contributed by atoms with Gasteiger partial charge in [-0.2, -0.15) is 0 Å².